The van der Waals surface area contributed by atoms with Crippen molar-refractivity contribution in [1.82, 2.24) is 15.1 Å². The fourth-order valence-corrected chi connectivity index (χ4v) is 3.89. The van der Waals surface area contributed by atoms with Crippen LogP contribution in [0, 0.1) is 6.92 Å². The molecule has 2 aromatic rings. The number of imide groups is 1. The molecule has 0 unspecified atom stereocenters. The minimum atomic E-state index is -0.637. The highest BCUT2D eigenvalue weighted by atomic mass is 16.2. The number of amides is 4. The molecule has 0 saturated heterocycles. The van der Waals surface area contributed by atoms with Crippen molar-refractivity contribution < 1.29 is 19.2 Å². The maximum Gasteiger partial charge on any atom is 0.261 e. The van der Waals surface area contributed by atoms with E-state index in [2.05, 4.69) is 5.32 Å². The molecule has 4 amide bonds. The van der Waals surface area contributed by atoms with Crippen molar-refractivity contribution in [2.24, 2.45) is 0 Å². The van der Waals surface area contributed by atoms with Crippen LogP contribution in [0.1, 0.15) is 58.5 Å². The Morgan fingerprint density at radius 2 is 1.69 bits per heavy atom. The third-order valence-corrected chi connectivity index (χ3v) is 5.60. The molecule has 0 aliphatic carbocycles. The zero-order chi connectivity index (χ0) is 23.3. The van der Waals surface area contributed by atoms with Crippen LogP contribution in [-0.4, -0.2) is 52.6 Å². The molecule has 0 saturated carbocycles. The molecule has 1 atom stereocenters. The average Bonchev–Trinajstić information content (AvgIpc) is 3.02. The van der Waals surface area contributed by atoms with Gasteiger partial charge in [-0.25, -0.2) is 0 Å². The second kappa shape index (κ2) is 10.2. The molecule has 7 nitrogen and oxygen atoms in total. The molecular weight excluding hydrogens is 406 g/mol. The summed E-state index contributed by atoms with van der Waals surface area (Å²) < 4.78 is 0. The molecule has 0 aromatic heterocycles. The molecule has 0 bridgehead atoms. The van der Waals surface area contributed by atoms with E-state index in [1.807, 2.05) is 38.1 Å². The van der Waals surface area contributed by atoms with Gasteiger partial charge in [0.15, 0.2) is 0 Å². The van der Waals surface area contributed by atoms with Crippen molar-refractivity contribution in [2.75, 3.05) is 13.1 Å². The minimum Gasteiger partial charge on any atom is -0.355 e. The third kappa shape index (κ3) is 5.04. The summed E-state index contributed by atoms with van der Waals surface area (Å²) in [4.78, 5) is 53.3. The number of nitrogens with one attached hydrogen (secondary N) is 1. The van der Waals surface area contributed by atoms with Crippen molar-refractivity contribution in [3.63, 3.8) is 0 Å². The number of hydrogen-bond acceptors (Lipinski definition) is 4. The number of rotatable bonds is 9. The van der Waals surface area contributed by atoms with Crippen LogP contribution in [0.4, 0.5) is 0 Å². The van der Waals surface area contributed by atoms with Crippen molar-refractivity contribution in [1.29, 1.82) is 0 Å². The van der Waals surface area contributed by atoms with Crippen LogP contribution >= 0.6 is 0 Å². The SMILES string of the molecule is CCNC(=O)[C@H](C)N(Cc1cccc(C)c1)C(=O)CCCN1C(=O)c2ccccc2C1=O. The van der Waals surface area contributed by atoms with Crippen LogP contribution < -0.4 is 5.32 Å². The van der Waals surface area contributed by atoms with E-state index >= 15 is 0 Å². The molecule has 1 aliphatic rings. The van der Waals surface area contributed by atoms with E-state index in [0.717, 1.165) is 11.1 Å². The summed E-state index contributed by atoms with van der Waals surface area (Å²) in [6.45, 7) is 6.47. The van der Waals surface area contributed by atoms with E-state index in [1.165, 1.54) is 4.90 Å². The van der Waals surface area contributed by atoms with Crippen LogP contribution in [0.5, 0.6) is 0 Å². The van der Waals surface area contributed by atoms with Gasteiger partial charge >= 0.3 is 0 Å². The molecule has 1 N–H and O–H groups in total. The lowest BCUT2D eigenvalue weighted by atomic mass is 10.1. The normalized spacial score (nSPS) is 13.7. The van der Waals surface area contributed by atoms with E-state index < -0.39 is 6.04 Å². The van der Waals surface area contributed by atoms with Crippen molar-refractivity contribution in [3.8, 4) is 0 Å². The Hall–Kier alpha value is -3.48. The predicted octanol–water partition coefficient (Wildman–Crippen LogP) is 2.92. The number of carbonyl (C=O) groups excluding carboxylic acids is 4. The van der Waals surface area contributed by atoms with Gasteiger partial charge in [-0.2, -0.15) is 0 Å². The highest BCUT2D eigenvalue weighted by Gasteiger charge is 2.35. The molecule has 1 aliphatic heterocycles. The summed E-state index contributed by atoms with van der Waals surface area (Å²) in [5.41, 5.74) is 2.81. The fourth-order valence-electron chi connectivity index (χ4n) is 3.89. The standard InChI is InChI=1S/C25H29N3O4/c1-4-26-23(30)18(3)28(16-19-10-7-9-17(2)15-19)22(29)13-8-14-27-24(31)20-11-5-6-12-21(20)25(27)32/h5-7,9-12,15,18H,4,8,13-14,16H2,1-3H3,(H,26,30)/t18-/m0/s1. The topological polar surface area (TPSA) is 86.8 Å². The van der Waals surface area contributed by atoms with Crippen molar-refractivity contribution in [2.45, 2.75) is 46.2 Å². The summed E-state index contributed by atoms with van der Waals surface area (Å²) in [7, 11) is 0. The van der Waals surface area contributed by atoms with E-state index in [1.54, 1.807) is 36.1 Å². The Labute approximate surface area is 188 Å². The number of aryl methyl sites for hydroxylation is 1. The lowest BCUT2D eigenvalue weighted by molar-refractivity contribution is -0.140. The average molecular weight is 436 g/mol. The first-order valence-corrected chi connectivity index (χ1v) is 10.9. The molecule has 32 heavy (non-hydrogen) atoms. The van der Waals surface area contributed by atoms with Gasteiger partial charge in [0, 0.05) is 26.1 Å². The van der Waals surface area contributed by atoms with E-state index in [0.29, 0.717) is 30.6 Å². The first-order chi connectivity index (χ1) is 15.3. The molecular formula is C25H29N3O4. The maximum absolute atomic E-state index is 13.1. The van der Waals surface area contributed by atoms with E-state index in [9.17, 15) is 19.2 Å². The van der Waals surface area contributed by atoms with Gasteiger partial charge in [0.25, 0.3) is 11.8 Å². The smallest absolute Gasteiger partial charge is 0.261 e. The lowest BCUT2D eigenvalue weighted by Gasteiger charge is -2.29. The number of benzene rings is 2. The third-order valence-electron chi connectivity index (χ3n) is 5.60. The predicted molar refractivity (Wildman–Crippen MR) is 121 cm³/mol. The van der Waals surface area contributed by atoms with Gasteiger partial charge in [0.2, 0.25) is 11.8 Å². The molecule has 0 spiro atoms. The quantitative estimate of drug-likeness (QED) is 0.614. The first-order valence-electron chi connectivity index (χ1n) is 10.9. The Kier molecular flexibility index (Phi) is 7.41. The minimum absolute atomic E-state index is 0.128. The summed E-state index contributed by atoms with van der Waals surface area (Å²) in [5.74, 6) is -1.06. The van der Waals surface area contributed by atoms with Crippen molar-refractivity contribution in [3.05, 3.63) is 70.8 Å². The molecule has 2 aromatic carbocycles. The number of fused-ring (bicyclic) bond motifs is 1. The van der Waals surface area contributed by atoms with Gasteiger partial charge in [-0.3, -0.25) is 24.1 Å². The van der Waals surface area contributed by atoms with Crippen LogP contribution in [0.3, 0.4) is 0 Å². The Morgan fingerprint density at radius 1 is 1.03 bits per heavy atom. The Balaban J connectivity index is 1.66. The molecule has 3 rings (SSSR count). The van der Waals surface area contributed by atoms with Gasteiger partial charge < -0.3 is 10.2 Å². The van der Waals surface area contributed by atoms with Gasteiger partial charge in [-0.15, -0.1) is 0 Å². The summed E-state index contributed by atoms with van der Waals surface area (Å²) in [6, 6.07) is 13.9. The summed E-state index contributed by atoms with van der Waals surface area (Å²) in [6.07, 6.45) is 0.458. The largest absolute Gasteiger partial charge is 0.355 e. The fraction of sp³-hybridized carbons (Fsp3) is 0.360. The van der Waals surface area contributed by atoms with E-state index in [4.69, 9.17) is 0 Å². The monoisotopic (exact) mass is 435 g/mol. The van der Waals surface area contributed by atoms with Gasteiger partial charge in [0.1, 0.15) is 6.04 Å². The van der Waals surface area contributed by atoms with Gasteiger partial charge in [0.05, 0.1) is 11.1 Å². The van der Waals surface area contributed by atoms with Crippen LogP contribution in [0.2, 0.25) is 0 Å². The molecule has 0 radical (unpaired) electrons. The zero-order valence-corrected chi connectivity index (χ0v) is 18.8. The van der Waals surface area contributed by atoms with Crippen LogP contribution in [0.15, 0.2) is 48.5 Å². The zero-order valence-electron chi connectivity index (χ0n) is 18.8. The summed E-state index contributed by atoms with van der Waals surface area (Å²) >= 11 is 0. The Bertz CT molecular complexity index is 998. The number of likely N-dealkylation sites (N-methyl/N-ethyl adjacent to an activating group) is 1. The highest BCUT2D eigenvalue weighted by Crippen LogP contribution is 2.23. The number of nitrogens with zero attached hydrogens (tertiary/aromatic N) is 2. The maximum atomic E-state index is 13.1. The van der Waals surface area contributed by atoms with Crippen LogP contribution in [-0.2, 0) is 16.1 Å². The lowest BCUT2D eigenvalue weighted by Crippen LogP contribution is -2.47. The molecule has 168 valence electrons. The molecule has 7 heteroatoms. The van der Waals surface area contributed by atoms with Crippen LogP contribution in [0.25, 0.3) is 0 Å². The number of hydrogen-bond donors (Lipinski definition) is 1. The van der Waals surface area contributed by atoms with Crippen molar-refractivity contribution >= 4 is 23.6 Å². The van der Waals surface area contributed by atoms with Gasteiger partial charge in [-0.1, -0.05) is 42.0 Å². The Morgan fingerprint density at radius 3 is 2.28 bits per heavy atom. The summed E-state index contributed by atoms with van der Waals surface area (Å²) in [5, 5.41) is 2.77. The highest BCUT2D eigenvalue weighted by molar-refractivity contribution is 6.21. The molecule has 0 fully saturated rings. The molecule has 1 heterocycles. The number of carbonyl (C=O) groups is 4. The van der Waals surface area contributed by atoms with E-state index in [-0.39, 0.29) is 36.6 Å². The van der Waals surface area contributed by atoms with Gasteiger partial charge in [-0.05, 0) is 44.9 Å². The first kappa shape index (κ1) is 23.2. The second-order valence-corrected chi connectivity index (χ2v) is 7.99. The second-order valence-electron chi connectivity index (χ2n) is 7.99.